The molecule has 4 rings (SSSR count). The molecule has 0 aromatic heterocycles. The Morgan fingerprint density at radius 3 is 2.46 bits per heavy atom. The highest BCUT2D eigenvalue weighted by molar-refractivity contribution is 6.30. The summed E-state index contributed by atoms with van der Waals surface area (Å²) >= 11 is 5.96. The number of benzene rings is 3. The topological polar surface area (TPSA) is 32.3 Å². The first-order chi connectivity index (χ1) is 13.6. The van der Waals surface area contributed by atoms with Crippen molar-refractivity contribution in [3.63, 3.8) is 0 Å². The fourth-order valence-corrected chi connectivity index (χ4v) is 3.64. The van der Waals surface area contributed by atoms with Gasteiger partial charge in [0.15, 0.2) is 0 Å². The lowest BCUT2D eigenvalue weighted by atomic mass is 10.1. The average molecular weight is 395 g/mol. The number of amides is 1. The van der Waals surface area contributed by atoms with Gasteiger partial charge in [-0.05, 0) is 65.6 Å². The molecule has 5 heteroatoms. The number of hydrogen-bond donors (Lipinski definition) is 1. The zero-order valence-corrected chi connectivity index (χ0v) is 16.0. The minimum Gasteiger partial charge on any atom is -0.367 e. The van der Waals surface area contributed by atoms with Gasteiger partial charge in [-0.3, -0.25) is 4.79 Å². The van der Waals surface area contributed by atoms with Crippen LogP contribution in [0.25, 0.3) is 0 Å². The molecule has 0 unspecified atom stereocenters. The predicted molar refractivity (Wildman–Crippen MR) is 111 cm³/mol. The lowest BCUT2D eigenvalue weighted by Crippen LogP contribution is -2.19. The SMILES string of the molecule is O=C(Cc1ccc(F)cc1)Nc1ccc2c(c1)CCN2Cc1ccc(Cl)cc1. The maximum absolute atomic E-state index is 13.0. The fourth-order valence-electron chi connectivity index (χ4n) is 3.52. The number of carbonyl (C=O) groups is 1. The molecular weight excluding hydrogens is 375 g/mol. The van der Waals surface area contributed by atoms with Gasteiger partial charge in [0.25, 0.3) is 0 Å². The maximum Gasteiger partial charge on any atom is 0.228 e. The molecule has 28 heavy (non-hydrogen) atoms. The smallest absolute Gasteiger partial charge is 0.228 e. The lowest BCUT2D eigenvalue weighted by molar-refractivity contribution is -0.115. The summed E-state index contributed by atoms with van der Waals surface area (Å²) in [5, 5.41) is 3.68. The molecule has 0 saturated carbocycles. The van der Waals surface area contributed by atoms with Gasteiger partial charge in [-0.1, -0.05) is 35.9 Å². The Balaban J connectivity index is 1.40. The summed E-state index contributed by atoms with van der Waals surface area (Å²) < 4.78 is 13.0. The Morgan fingerprint density at radius 1 is 1.00 bits per heavy atom. The van der Waals surface area contributed by atoms with Gasteiger partial charge in [0.05, 0.1) is 6.42 Å². The number of halogens is 2. The molecule has 0 fully saturated rings. The second-order valence-electron chi connectivity index (χ2n) is 6.99. The van der Waals surface area contributed by atoms with Crippen LogP contribution in [0.2, 0.25) is 5.02 Å². The van der Waals surface area contributed by atoms with Crippen molar-refractivity contribution in [1.29, 1.82) is 0 Å². The van der Waals surface area contributed by atoms with Gasteiger partial charge < -0.3 is 10.2 Å². The number of nitrogens with zero attached hydrogens (tertiary/aromatic N) is 1. The molecule has 1 amide bonds. The van der Waals surface area contributed by atoms with E-state index in [4.69, 9.17) is 11.6 Å². The highest BCUT2D eigenvalue weighted by Crippen LogP contribution is 2.31. The summed E-state index contributed by atoms with van der Waals surface area (Å²) in [6.07, 6.45) is 1.17. The third kappa shape index (κ3) is 4.34. The molecule has 1 aliphatic rings. The predicted octanol–water partition coefficient (Wildman–Crippen LogP) is 5.22. The van der Waals surface area contributed by atoms with E-state index in [9.17, 15) is 9.18 Å². The summed E-state index contributed by atoms with van der Waals surface area (Å²) in [4.78, 5) is 14.6. The molecule has 0 bridgehead atoms. The van der Waals surface area contributed by atoms with E-state index in [-0.39, 0.29) is 18.1 Å². The summed E-state index contributed by atoms with van der Waals surface area (Å²) in [6.45, 7) is 1.78. The Bertz CT molecular complexity index is 986. The number of rotatable bonds is 5. The molecule has 0 spiro atoms. The van der Waals surface area contributed by atoms with E-state index in [2.05, 4.69) is 16.3 Å². The van der Waals surface area contributed by atoms with Crippen molar-refractivity contribution < 1.29 is 9.18 Å². The van der Waals surface area contributed by atoms with Gasteiger partial charge in [-0.15, -0.1) is 0 Å². The molecule has 0 radical (unpaired) electrons. The van der Waals surface area contributed by atoms with Crippen molar-refractivity contribution in [3.05, 3.63) is 94.3 Å². The van der Waals surface area contributed by atoms with Crippen LogP contribution in [0.4, 0.5) is 15.8 Å². The second-order valence-corrected chi connectivity index (χ2v) is 7.43. The van der Waals surface area contributed by atoms with Crippen LogP contribution in [0.5, 0.6) is 0 Å². The number of fused-ring (bicyclic) bond motifs is 1. The number of anilines is 2. The quantitative estimate of drug-likeness (QED) is 0.643. The van der Waals surface area contributed by atoms with Crippen molar-refractivity contribution >= 4 is 28.9 Å². The largest absolute Gasteiger partial charge is 0.367 e. The van der Waals surface area contributed by atoms with E-state index >= 15 is 0 Å². The van der Waals surface area contributed by atoms with Gasteiger partial charge in [0.1, 0.15) is 5.82 Å². The maximum atomic E-state index is 13.0. The first-order valence-electron chi connectivity index (χ1n) is 9.23. The molecule has 0 atom stereocenters. The van der Waals surface area contributed by atoms with Crippen molar-refractivity contribution in [2.24, 2.45) is 0 Å². The van der Waals surface area contributed by atoms with Crippen LogP contribution >= 0.6 is 11.6 Å². The van der Waals surface area contributed by atoms with Crippen LogP contribution in [0.15, 0.2) is 66.7 Å². The molecule has 0 saturated heterocycles. The highest BCUT2D eigenvalue weighted by Gasteiger charge is 2.19. The second kappa shape index (κ2) is 8.03. The monoisotopic (exact) mass is 394 g/mol. The number of carbonyl (C=O) groups excluding carboxylic acids is 1. The fraction of sp³-hybridized carbons (Fsp3) is 0.174. The number of nitrogens with one attached hydrogen (secondary N) is 1. The minimum absolute atomic E-state index is 0.109. The molecule has 1 N–H and O–H groups in total. The van der Waals surface area contributed by atoms with Crippen LogP contribution in [0.1, 0.15) is 16.7 Å². The first-order valence-corrected chi connectivity index (χ1v) is 9.61. The molecule has 1 aliphatic heterocycles. The average Bonchev–Trinajstić information content (AvgIpc) is 3.07. The van der Waals surface area contributed by atoms with Gasteiger partial charge >= 0.3 is 0 Å². The Hall–Kier alpha value is -2.85. The first kappa shape index (κ1) is 18.5. The zero-order valence-electron chi connectivity index (χ0n) is 15.3. The Morgan fingerprint density at radius 2 is 1.71 bits per heavy atom. The van der Waals surface area contributed by atoms with Crippen molar-refractivity contribution in [2.75, 3.05) is 16.8 Å². The molecule has 3 aromatic carbocycles. The van der Waals surface area contributed by atoms with E-state index in [1.165, 1.54) is 28.9 Å². The van der Waals surface area contributed by atoms with E-state index in [1.54, 1.807) is 12.1 Å². The number of hydrogen-bond acceptors (Lipinski definition) is 2. The Labute approximate surface area is 168 Å². The summed E-state index contributed by atoms with van der Waals surface area (Å²) in [5.74, 6) is -0.409. The molecular formula is C23H20ClFN2O. The van der Waals surface area contributed by atoms with Crippen molar-refractivity contribution in [1.82, 2.24) is 0 Å². The molecule has 142 valence electrons. The van der Waals surface area contributed by atoms with E-state index in [0.29, 0.717) is 0 Å². The molecule has 1 heterocycles. The molecule has 0 aliphatic carbocycles. The van der Waals surface area contributed by atoms with Crippen LogP contribution in [0.3, 0.4) is 0 Å². The van der Waals surface area contributed by atoms with Gasteiger partial charge in [0.2, 0.25) is 5.91 Å². The van der Waals surface area contributed by atoms with Crippen LogP contribution in [0, 0.1) is 5.82 Å². The lowest BCUT2D eigenvalue weighted by Gasteiger charge is -2.20. The van der Waals surface area contributed by atoms with Crippen molar-refractivity contribution in [3.8, 4) is 0 Å². The third-order valence-corrected chi connectivity index (χ3v) is 5.17. The standard InChI is InChI=1S/C23H20ClFN2O/c24-19-5-1-17(2-6-19)15-27-12-11-18-14-21(9-10-22(18)27)26-23(28)13-16-3-7-20(25)8-4-16/h1-10,14H,11-13,15H2,(H,26,28). The normalized spacial score (nSPS) is 12.7. The van der Waals surface area contributed by atoms with Crippen LogP contribution in [-0.4, -0.2) is 12.5 Å². The van der Waals surface area contributed by atoms with Crippen molar-refractivity contribution in [2.45, 2.75) is 19.4 Å². The zero-order chi connectivity index (χ0) is 19.5. The third-order valence-electron chi connectivity index (χ3n) is 4.92. The summed E-state index contributed by atoms with van der Waals surface area (Å²) in [5.41, 5.74) is 5.22. The van der Waals surface area contributed by atoms with Gasteiger partial charge in [-0.2, -0.15) is 0 Å². The molecule has 3 aromatic rings. The van der Waals surface area contributed by atoms with Crippen LogP contribution < -0.4 is 10.2 Å². The van der Waals surface area contributed by atoms with Gasteiger partial charge in [-0.25, -0.2) is 4.39 Å². The van der Waals surface area contributed by atoms with E-state index < -0.39 is 0 Å². The van der Waals surface area contributed by atoms with Gasteiger partial charge in [0, 0.05) is 29.5 Å². The summed E-state index contributed by atoms with van der Waals surface area (Å²) in [7, 11) is 0. The highest BCUT2D eigenvalue weighted by atomic mass is 35.5. The Kier molecular flexibility index (Phi) is 5.31. The minimum atomic E-state index is -0.300. The summed E-state index contributed by atoms with van der Waals surface area (Å²) in [6, 6.07) is 19.9. The van der Waals surface area contributed by atoms with Crippen LogP contribution in [-0.2, 0) is 24.2 Å². The van der Waals surface area contributed by atoms with E-state index in [0.717, 1.165) is 35.8 Å². The van der Waals surface area contributed by atoms with E-state index in [1.807, 2.05) is 36.4 Å². The molecule has 3 nitrogen and oxygen atoms in total.